The smallest absolute Gasteiger partial charge is 0.355 e. The number of carbonyl (C=O) groups excluding carboxylic acids is 2. The minimum Gasteiger partial charge on any atom is -0.476 e. The van der Waals surface area contributed by atoms with E-state index in [1.165, 1.54) is 27.9 Å². The predicted molar refractivity (Wildman–Crippen MR) is 88.3 cm³/mol. The summed E-state index contributed by atoms with van der Waals surface area (Å²) in [5.41, 5.74) is -0.0402. The lowest BCUT2D eigenvalue weighted by molar-refractivity contribution is -0.126. The average molecular weight is 363 g/mol. The van der Waals surface area contributed by atoms with Crippen LogP contribution in [0.3, 0.4) is 0 Å². The summed E-state index contributed by atoms with van der Waals surface area (Å²) in [6.07, 6.45) is 3.70. The second-order valence-electron chi connectivity index (χ2n) is 5.64. The van der Waals surface area contributed by atoms with Gasteiger partial charge in [-0.1, -0.05) is 0 Å². The molecule has 2 aromatic heterocycles. The van der Waals surface area contributed by atoms with Gasteiger partial charge in [0.2, 0.25) is 5.91 Å². The van der Waals surface area contributed by atoms with Crippen LogP contribution in [0, 0.1) is 0 Å². The molecular weight excluding hydrogens is 346 g/mol. The molecule has 2 amide bonds. The number of piperidine rings is 1. The maximum atomic E-state index is 12.5. The first-order chi connectivity index (χ1) is 12.1. The Kier molecular flexibility index (Phi) is 5.13. The molecule has 3 rings (SSSR count). The van der Waals surface area contributed by atoms with Crippen LogP contribution in [-0.2, 0) is 11.3 Å². The number of aromatic carboxylic acids is 1. The van der Waals surface area contributed by atoms with E-state index in [0.29, 0.717) is 18.0 Å². The van der Waals surface area contributed by atoms with Gasteiger partial charge in [0.25, 0.3) is 5.91 Å². The normalized spacial score (nSPS) is 17.3. The van der Waals surface area contributed by atoms with Gasteiger partial charge in [-0.2, -0.15) is 0 Å². The fourth-order valence-electron chi connectivity index (χ4n) is 2.76. The highest BCUT2D eigenvalue weighted by molar-refractivity contribution is 7.09. The van der Waals surface area contributed by atoms with Crippen LogP contribution in [0.4, 0.5) is 0 Å². The van der Waals surface area contributed by atoms with Gasteiger partial charge in [0.15, 0.2) is 11.5 Å². The Bertz CT molecular complexity index is 771. The largest absolute Gasteiger partial charge is 0.476 e. The molecule has 1 aliphatic heterocycles. The van der Waals surface area contributed by atoms with Crippen LogP contribution in [0.15, 0.2) is 28.2 Å². The van der Waals surface area contributed by atoms with Crippen LogP contribution < -0.4 is 5.32 Å². The molecule has 1 unspecified atom stereocenters. The minimum atomic E-state index is -1.10. The van der Waals surface area contributed by atoms with Crippen LogP contribution in [0.1, 0.15) is 45.3 Å². The quantitative estimate of drug-likeness (QED) is 0.837. The third-order valence-corrected chi connectivity index (χ3v) is 4.83. The summed E-state index contributed by atoms with van der Waals surface area (Å²) in [4.78, 5) is 41.3. The fourth-order valence-corrected chi connectivity index (χ4v) is 3.47. The summed E-state index contributed by atoms with van der Waals surface area (Å²) < 4.78 is 5.14. The molecule has 0 saturated carbocycles. The predicted octanol–water partition coefficient (Wildman–Crippen LogP) is 1.75. The van der Waals surface area contributed by atoms with Crippen molar-refractivity contribution >= 4 is 29.1 Å². The molecule has 25 heavy (non-hydrogen) atoms. The molecule has 0 spiro atoms. The van der Waals surface area contributed by atoms with Crippen molar-refractivity contribution in [3.05, 3.63) is 40.2 Å². The summed E-state index contributed by atoms with van der Waals surface area (Å²) in [5, 5.41) is 13.5. The molecule has 0 radical (unpaired) electrons. The van der Waals surface area contributed by atoms with E-state index in [1.807, 2.05) is 0 Å². The molecule has 9 heteroatoms. The summed E-state index contributed by atoms with van der Waals surface area (Å²) in [6.45, 7) is 0.633. The third kappa shape index (κ3) is 3.87. The zero-order chi connectivity index (χ0) is 17.8. The second-order valence-corrected chi connectivity index (χ2v) is 6.58. The Balaban J connectivity index is 1.64. The van der Waals surface area contributed by atoms with E-state index in [0.717, 1.165) is 12.8 Å². The van der Waals surface area contributed by atoms with Crippen molar-refractivity contribution in [3.8, 4) is 0 Å². The number of hydrogen-bond donors (Lipinski definition) is 2. The van der Waals surface area contributed by atoms with Crippen LogP contribution in [-0.4, -0.2) is 45.4 Å². The Hall–Kier alpha value is -2.68. The van der Waals surface area contributed by atoms with Crippen LogP contribution in [0.5, 0.6) is 0 Å². The monoisotopic (exact) mass is 363 g/mol. The molecular formula is C16H17N3O5S. The number of nitrogens with one attached hydrogen (secondary N) is 1. The molecule has 1 fully saturated rings. The average Bonchev–Trinajstić information content (AvgIpc) is 3.30. The molecule has 8 nitrogen and oxygen atoms in total. The lowest BCUT2D eigenvalue weighted by atomic mass is 10.0. The number of thiazole rings is 1. The van der Waals surface area contributed by atoms with E-state index in [2.05, 4.69) is 10.3 Å². The van der Waals surface area contributed by atoms with E-state index in [-0.39, 0.29) is 29.8 Å². The number of hydrogen-bond acceptors (Lipinski definition) is 6. The minimum absolute atomic E-state index is 0.0402. The molecule has 0 aliphatic carbocycles. The van der Waals surface area contributed by atoms with E-state index in [4.69, 9.17) is 9.52 Å². The summed E-state index contributed by atoms with van der Waals surface area (Å²) >= 11 is 1.17. The maximum Gasteiger partial charge on any atom is 0.355 e. The van der Waals surface area contributed by atoms with Gasteiger partial charge in [0.1, 0.15) is 11.0 Å². The van der Waals surface area contributed by atoms with Crippen molar-refractivity contribution in [2.45, 2.75) is 31.8 Å². The van der Waals surface area contributed by atoms with E-state index in [9.17, 15) is 14.4 Å². The maximum absolute atomic E-state index is 12.5. The van der Waals surface area contributed by atoms with Gasteiger partial charge in [0.05, 0.1) is 12.8 Å². The lowest BCUT2D eigenvalue weighted by Crippen LogP contribution is -2.51. The zero-order valence-corrected chi connectivity index (χ0v) is 14.1. The lowest BCUT2D eigenvalue weighted by Gasteiger charge is -2.34. The number of carboxylic acid groups (broad SMARTS) is 1. The standard InChI is InChI=1S/C16H17N3O5S/c20-14(17-8-13-18-10(9-25-13)16(22)23)11-4-1-2-6-19(11)15(21)12-5-3-7-24-12/h3,5,7,9,11H,1-2,4,6,8H2,(H,17,20)(H,22,23). The Labute approximate surface area is 147 Å². The number of carboxylic acids is 1. The van der Waals surface area contributed by atoms with Gasteiger partial charge in [-0.15, -0.1) is 11.3 Å². The van der Waals surface area contributed by atoms with Crippen molar-refractivity contribution in [2.24, 2.45) is 0 Å². The van der Waals surface area contributed by atoms with Crippen LogP contribution in [0.25, 0.3) is 0 Å². The fraction of sp³-hybridized carbons (Fsp3) is 0.375. The van der Waals surface area contributed by atoms with Gasteiger partial charge in [0, 0.05) is 11.9 Å². The number of nitrogens with zero attached hydrogens (tertiary/aromatic N) is 2. The summed E-state index contributed by atoms with van der Waals surface area (Å²) in [7, 11) is 0. The molecule has 2 N–H and O–H groups in total. The molecule has 0 aromatic carbocycles. The van der Waals surface area contributed by atoms with Crippen molar-refractivity contribution in [2.75, 3.05) is 6.54 Å². The van der Waals surface area contributed by atoms with Crippen molar-refractivity contribution in [1.29, 1.82) is 0 Å². The van der Waals surface area contributed by atoms with Crippen LogP contribution >= 0.6 is 11.3 Å². The molecule has 2 aromatic rings. The number of amides is 2. The first kappa shape index (κ1) is 17.2. The first-order valence-electron chi connectivity index (χ1n) is 7.86. The van der Waals surface area contributed by atoms with Crippen molar-refractivity contribution < 1.29 is 23.9 Å². The number of rotatable bonds is 5. The number of carbonyl (C=O) groups is 3. The molecule has 1 aliphatic rings. The van der Waals surface area contributed by atoms with Gasteiger partial charge in [-0.25, -0.2) is 9.78 Å². The molecule has 132 valence electrons. The van der Waals surface area contributed by atoms with E-state index >= 15 is 0 Å². The Morgan fingerprint density at radius 3 is 2.92 bits per heavy atom. The van der Waals surface area contributed by atoms with Gasteiger partial charge in [-0.3, -0.25) is 9.59 Å². The van der Waals surface area contributed by atoms with Gasteiger partial charge >= 0.3 is 5.97 Å². The summed E-state index contributed by atoms with van der Waals surface area (Å²) in [5.74, 6) is -1.46. The zero-order valence-electron chi connectivity index (χ0n) is 13.3. The highest BCUT2D eigenvalue weighted by Crippen LogP contribution is 2.20. The number of furan rings is 1. The highest BCUT2D eigenvalue weighted by atomic mass is 32.1. The van der Waals surface area contributed by atoms with Gasteiger partial charge in [-0.05, 0) is 31.4 Å². The van der Waals surface area contributed by atoms with Crippen LogP contribution in [0.2, 0.25) is 0 Å². The van der Waals surface area contributed by atoms with Gasteiger partial charge < -0.3 is 19.7 Å². The Morgan fingerprint density at radius 2 is 2.24 bits per heavy atom. The SMILES string of the molecule is O=C(O)c1csc(CNC(=O)C2CCCCN2C(=O)c2ccco2)n1. The third-order valence-electron chi connectivity index (χ3n) is 3.98. The molecule has 1 saturated heterocycles. The second kappa shape index (κ2) is 7.47. The number of likely N-dealkylation sites (tertiary alicyclic amines) is 1. The molecule has 0 bridgehead atoms. The molecule has 3 heterocycles. The van der Waals surface area contributed by atoms with E-state index < -0.39 is 12.0 Å². The Morgan fingerprint density at radius 1 is 1.40 bits per heavy atom. The molecule has 1 atom stereocenters. The first-order valence-corrected chi connectivity index (χ1v) is 8.74. The van der Waals surface area contributed by atoms with E-state index in [1.54, 1.807) is 12.1 Å². The highest BCUT2D eigenvalue weighted by Gasteiger charge is 2.33. The topological polar surface area (TPSA) is 113 Å². The summed E-state index contributed by atoms with van der Waals surface area (Å²) in [6, 6.07) is 2.65. The van der Waals surface area contributed by atoms with Crippen molar-refractivity contribution in [3.63, 3.8) is 0 Å². The number of aromatic nitrogens is 1. The van der Waals surface area contributed by atoms with Crippen molar-refractivity contribution in [1.82, 2.24) is 15.2 Å².